The van der Waals surface area contributed by atoms with Crippen molar-refractivity contribution >= 4 is 21.6 Å². The topological polar surface area (TPSA) is 12.0 Å². The van der Waals surface area contributed by atoms with E-state index in [-0.39, 0.29) is 11.9 Å². The highest BCUT2D eigenvalue weighted by molar-refractivity contribution is 9.10. The van der Waals surface area contributed by atoms with Crippen molar-refractivity contribution in [2.75, 3.05) is 5.32 Å². The first-order valence-corrected chi connectivity index (χ1v) is 7.47. The van der Waals surface area contributed by atoms with Crippen LogP contribution in [0.2, 0.25) is 0 Å². The molecule has 1 N–H and O–H groups in total. The summed E-state index contributed by atoms with van der Waals surface area (Å²) in [5.74, 6) is -0.236. The Balaban J connectivity index is 2.33. The van der Waals surface area contributed by atoms with Crippen molar-refractivity contribution in [1.82, 2.24) is 0 Å². The van der Waals surface area contributed by atoms with Gasteiger partial charge in [0, 0.05) is 10.5 Å². The second kappa shape index (κ2) is 5.96. The van der Waals surface area contributed by atoms with Crippen LogP contribution in [-0.4, -0.2) is 0 Å². The Morgan fingerprint density at radius 1 is 1.05 bits per heavy atom. The molecule has 106 valence electrons. The lowest BCUT2D eigenvalue weighted by Gasteiger charge is -2.21. The molecule has 0 fully saturated rings. The van der Waals surface area contributed by atoms with E-state index in [9.17, 15) is 4.39 Å². The quantitative estimate of drug-likeness (QED) is 0.760. The summed E-state index contributed by atoms with van der Waals surface area (Å²) in [6.45, 7) is 8.44. The Kier molecular flexibility index (Phi) is 4.48. The molecule has 3 heteroatoms. The van der Waals surface area contributed by atoms with Gasteiger partial charge in [-0.2, -0.15) is 0 Å². The molecule has 2 rings (SSSR count). The zero-order chi connectivity index (χ0) is 14.9. The van der Waals surface area contributed by atoms with E-state index in [1.807, 2.05) is 0 Å². The highest BCUT2D eigenvalue weighted by atomic mass is 79.9. The van der Waals surface area contributed by atoms with Gasteiger partial charge in [-0.25, -0.2) is 4.39 Å². The number of rotatable bonds is 3. The smallest absolute Gasteiger partial charge is 0.125 e. The summed E-state index contributed by atoms with van der Waals surface area (Å²) < 4.78 is 14.2. The standard InChI is InChI=1S/C17H19BrFN/c1-10-7-11(2)17(12(3)8-10)13(4)20-16-9-14(19)5-6-15(16)18/h5-9,13,20H,1-4H3. The number of hydrogen-bond acceptors (Lipinski definition) is 1. The summed E-state index contributed by atoms with van der Waals surface area (Å²) in [6, 6.07) is 9.16. The van der Waals surface area contributed by atoms with E-state index in [1.54, 1.807) is 6.07 Å². The predicted octanol–water partition coefficient (Wildman–Crippen LogP) is 5.69. The minimum atomic E-state index is -0.236. The molecule has 2 aromatic rings. The van der Waals surface area contributed by atoms with Crippen LogP contribution in [0.25, 0.3) is 0 Å². The van der Waals surface area contributed by atoms with Crippen LogP contribution in [0.4, 0.5) is 10.1 Å². The number of halogens is 2. The predicted molar refractivity (Wildman–Crippen MR) is 86.8 cm³/mol. The summed E-state index contributed by atoms with van der Waals surface area (Å²) in [6.07, 6.45) is 0. The molecule has 0 aliphatic rings. The normalized spacial score (nSPS) is 12.3. The van der Waals surface area contributed by atoms with Crippen LogP contribution in [0.3, 0.4) is 0 Å². The van der Waals surface area contributed by atoms with Gasteiger partial charge in [-0.3, -0.25) is 0 Å². The van der Waals surface area contributed by atoms with Gasteiger partial charge in [0.1, 0.15) is 5.82 Å². The number of nitrogens with one attached hydrogen (secondary N) is 1. The SMILES string of the molecule is Cc1cc(C)c(C(C)Nc2cc(F)ccc2Br)c(C)c1. The minimum Gasteiger partial charge on any atom is -0.378 e. The van der Waals surface area contributed by atoms with Gasteiger partial charge in [0.15, 0.2) is 0 Å². The zero-order valence-electron chi connectivity index (χ0n) is 12.2. The monoisotopic (exact) mass is 335 g/mol. The third kappa shape index (κ3) is 3.21. The maximum absolute atomic E-state index is 13.4. The van der Waals surface area contributed by atoms with Crippen LogP contribution in [0.15, 0.2) is 34.8 Å². The van der Waals surface area contributed by atoms with Gasteiger partial charge in [0.05, 0.1) is 5.69 Å². The van der Waals surface area contributed by atoms with Crippen molar-refractivity contribution in [3.8, 4) is 0 Å². The molecule has 0 saturated carbocycles. The Labute approximate surface area is 128 Å². The first-order valence-electron chi connectivity index (χ1n) is 6.68. The fourth-order valence-corrected chi connectivity index (χ4v) is 3.15. The van der Waals surface area contributed by atoms with Crippen molar-refractivity contribution in [2.24, 2.45) is 0 Å². The van der Waals surface area contributed by atoms with Gasteiger partial charge in [-0.15, -0.1) is 0 Å². The van der Waals surface area contributed by atoms with Crippen LogP contribution in [-0.2, 0) is 0 Å². The van der Waals surface area contributed by atoms with Crippen molar-refractivity contribution in [3.63, 3.8) is 0 Å². The molecule has 0 saturated heterocycles. The maximum Gasteiger partial charge on any atom is 0.125 e. The first-order chi connectivity index (χ1) is 9.38. The molecule has 0 heterocycles. The van der Waals surface area contributed by atoms with Gasteiger partial charge in [0.25, 0.3) is 0 Å². The molecule has 1 nitrogen and oxygen atoms in total. The number of aryl methyl sites for hydroxylation is 3. The molecule has 0 amide bonds. The average Bonchev–Trinajstić information content (AvgIpc) is 2.32. The Morgan fingerprint density at radius 3 is 2.25 bits per heavy atom. The molecule has 0 aromatic heterocycles. The Morgan fingerprint density at radius 2 is 1.65 bits per heavy atom. The van der Waals surface area contributed by atoms with Crippen LogP contribution < -0.4 is 5.32 Å². The molecule has 2 aromatic carbocycles. The molecular weight excluding hydrogens is 317 g/mol. The van der Waals surface area contributed by atoms with E-state index in [0.29, 0.717) is 0 Å². The number of benzene rings is 2. The van der Waals surface area contributed by atoms with E-state index in [0.717, 1.165) is 10.2 Å². The lowest BCUT2D eigenvalue weighted by Crippen LogP contribution is -2.11. The summed E-state index contributed by atoms with van der Waals surface area (Å²) >= 11 is 3.45. The highest BCUT2D eigenvalue weighted by Crippen LogP contribution is 2.30. The largest absolute Gasteiger partial charge is 0.378 e. The van der Waals surface area contributed by atoms with Crippen molar-refractivity contribution in [1.29, 1.82) is 0 Å². The van der Waals surface area contributed by atoms with Gasteiger partial charge in [-0.05, 0) is 78.5 Å². The fourth-order valence-electron chi connectivity index (χ4n) is 2.79. The second-order valence-corrected chi connectivity index (χ2v) is 6.16. The lowest BCUT2D eigenvalue weighted by atomic mass is 9.95. The first kappa shape index (κ1) is 15.0. The van der Waals surface area contributed by atoms with Crippen LogP contribution >= 0.6 is 15.9 Å². The molecule has 20 heavy (non-hydrogen) atoms. The average molecular weight is 336 g/mol. The minimum absolute atomic E-state index is 0.119. The lowest BCUT2D eigenvalue weighted by molar-refractivity contribution is 0.627. The van der Waals surface area contributed by atoms with E-state index < -0.39 is 0 Å². The molecule has 1 atom stereocenters. The van der Waals surface area contributed by atoms with Gasteiger partial charge >= 0.3 is 0 Å². The second-order valence-electron chi connectivity index (χ2n) is 5.30. The summed E-state index contributed by atoms with van der Waals surface area (Å²) in [5, 5.41) is 3.38. The molecule has 0 spiro atoms. The van der Waals surface area contributed by atoms with Crippen LogP contribution in [0.5, 0.6) is 0 Å². The van der Waals surface area contributed by atoms with E-state index >= 15 is 0 Å². The highest BCUT2D eigenvalue weighted by Gasteiger charge is 2.13. The number of hydrogen-bond donors (Lipinski definition) is 1. The third-order valence-corrected chi connectivity index (χ3v) is 4.16. The van der Waals surface area contributed by atoms with Crippen molar-refractivity contribution in [3.05, 3.63) is 62.9 Å². The molecule has 1 unspecified atom stereocenters. The van der Waals surface area contributed by atoms with E-state index in [2.05, 4.69) is 61.1 Å². The summed E-state index contributed by atoms with van der Waals surface area (Å²) in [5.41, 5.74) is 5.83. The maximum atomic E-state index is 13.4. The molecule has 0 aliphatic carbocycles. The molecule has 0 aliphatic heterocycles. The van der Waals surface area contributed by atoms with Gasteiger partial charge in [0.2, 0.25) is 0 Å². The summed E-state index contributed by atoms with van der Waals surface area (Å²) in [7, 11) is 0. The zero-order valence-corrected chi connectivity index (χ0v) is 13.8. The van der Waals surface area contributed by atoms with Crippen molar-refractivity contribution in [2.45, 2.75) is 33.7 Å². The Bertz CT molecular complexity index is 614. The van der Waals surface area contributed by atoms with Gasteiger partial charge in [-0.1, -0.05) is 17.7 Å². The van der Waals surface area contributed by atoms with E-state index in [4.69, 9.17) is 0 Å². The third-order valence-electron chi connectivity index (χ3n) is 3.47. The molecular formula is C17H19BrFN. The van der Waals surface area contributed by atoms with Crippen LogP contribution in [0, 0.1) is 26.6 Å². The van der Waals surface area contributed by atoms with Crippen LogP contribution in [0.1, 0.15) is 35.2 Å². The Hall–Kier alpha value is -1.35. The molecule has 0 radical (unpaired) electrons. The number of anilines is 1. The van der Waals surface area contributed by atoms with Crippen molar-refractivity contribution < 1.29 is 4.39 Å². The van der Waals surface area contributed by atoms with Gasteiger partial charge < -0.3 is 5.32 Å². The molecule has 0 bridgehead atoms. The summed E-state index contributed by atoms with van der Waals surface area (Å²) in [4.78, 5) is 0. The fraction of sp³-hybridized carbons (Fsp3) is 0.294. The van der Waals surface area contributed by atoms with E-state index in [1.165, 1.54) is 34.4 Å².